The molecule has 0 aromatic rings. The monoisotopic (exact) mass is 233 g/mol. The van der Waals surface area contributed by atoms with Crippen LogP contribution in [0.1, 0.15) is 40.5 Å². The molecular weight excluding hydrogens is 206 g/mol. The molecule has 1 N–H and O–H groups in total. The number of hydrogen-bond donors (Lipinski definition) is 2. The summed E-state index contributed by atoms with van der Waals surface area (Å²) in [6.45, 7) is 10.9. The molecule has 0 saturated heterocycles. The lowest BCUT2D eigenvalue weighted by Crippen LogP contribution is -2.43. The molecule has 0 atom stereocenters. The highest BCUT2D eigenvalue weighted by molar-refractivity contribution is 7.80. The van der Waals surface area contributed by atoms with Crippen molar-refractivity contribution < 1.29 is 5.11 Å². The van der Waals surface area contributed by atoms with Crippen LogP contribution in [-0.2, 0) is 0 Å². The summed E-state index contributed by atoms with van der Waals surface area (Å²) in [6.07, 6.45) is 2.31. The first-order valence-electron chi connectivity index (χ1n) is 6.01. The van der Waals surface area contributed by atoms with Crippen molar-refractivity contribution in [2.45, 2.75) is 46.6 Å². The van der Waals surface area contributed by atoms with E-state index in [-0.39, 0.29) is 6.61 Å². The molecule has 0 bridgehead atoms. The van der Waals surface area contributed by atoms with E-state index < -0.39 is 0 Å². The Labute approximate surface area is 100 Å². The second-order valence-electron chi connectivity index (χ2n) is 4.65. The second kappa shape index (κ2) is 7.53. The summed E-state index contributed by atoms with van der Waals surface area (Å²) < 4.78 is 0. The van der Waals surface area contributed by atoms with Crippen LogP contribution in [-0.4, -0.2) is 41.5 Å². The van der Waals surface area contributed by atoms with E-state index in [1.54, 1.807) is 0 Å². The van der Waals surface area contributed by atoms with Crippen molar-refractivity contribution >= 4 is 12.6 Å². The fraction of sp³-hybridized carbons (Fsp3) is 1.00. The summed E-state index contributed by atoms with van der Waals surface area (Å²) in [6, 6.07) is 0.495. The molecule has 0 saturated carbocycles. The van der Waals surface area contributed by atoms with E-state index in [2.05, 4.69) is 45.2 Å². The average Bonchev–Trinajstić information content (AvgIpc) is 2.24. The fourth-order valence-corrected chi connectivity index (χ4v) is 2.37. The third-order valence-corrected chi connectivity index (χ3v) is 4.16. The number of aliphatic hydroxyl groups is 1. The smallest absolute Gasteiger partial charge is 0.0558 e. The first kappa shape index (κ1) is 15.3. The van der Waals surface area contributed by atoms with Gasteiger partial charge in [0.2, 0.25) is 0 Å². The van der Waals surface area contributed by atoms with Crippen molar-refractivity contribution in [3.63, 3.8) is 0 Å². The number of rotatable bonds is 8. The highest BCUT2D eigenvalue weighted by Crippen LogP contribution is 2.29. The zero-order chi connectivity index (χ0) is 11.9. The van der Waals surface area contributed by atoms with Crippen LogP contribution in [0.15, 0.2) is 0 Å². The van der Waals surface area contributed by atoms with Gasteiger partial charge < -0.3 is 5.11 Å². The van der Waals surface area contributed by atoms with Gasteiger partial charge in [-0.3, -0.25) is 4.90 Å². The predicted octanol–water partition coefficient (Wildman–Crippen LogP) is 2.43. The van der Waals surface area contributed by atoms with Gasteiger partial charge in [0.1, 0.15) is 0 Å². The summed E-state index contributed by atoms with van der Waals surface area (Å²) in [5, 5.41) is 9.04. The Kier molecular flexibility index (Phi) is 7.66. The van der Waals surface area contributed by atoms with Gasteiger partial charge in [0.25, 0.3) is 0 Å². The molecule has 0 aliphatic heterocycles. The zero-order valence-electron chi connectivity index (χ0n) is 10.7. The van der Waals surface area contributed by atoms with E-state index >= 15 is 0 Å². The molecule has 0 aliphatic rings. The topological polar surface area (TPSA) is 23.5 Å². The Balaban J connectivity index is 4.45. The summed E-state index contributed by atoms with van der Waals surface area (Å²) in [5.41, 5.74) is 0.308. The van der Waals surface area contributed by atoms with Crippen molar-refractivity contribution in [2.75, 3.05) is 25.4 Å². The van der Waals surface area contributed by atoms with Gasteiger partial charge in [0.05, 0.1) is 6.61 Å². The Morgan fingerprint density at radius 1 is 1.27 bits per heavy atom. The highest BCUT2D eigenvalue weighted by Gasteiger charge is 2.28. The minimum atomic E-state index is 0.244. The average molecular weight is 233 g/mol. The van der Waals surface area contributed by atoms with Gasteiger partial charge in [0, 0.05) is 19.1 Å². The third-order valence-electron chi connectivity index (χ3n) is 3.49. The first-order valence-corrected chi connectivity index (χ1v) is 6.64. The summed E-state index contributed by atoms with van der Waals surface area (Å²) in [7, 11) is 0. The van der Waals surface area contributed by atoms with Gasteiger partial charge >= 0.3 is 0 Å². The molecule has 0 unspecified atom stereocenters. The minimum Gasteiger partial charge on any atom is -0.395 e. The molecule has 0 heterocycles. The van der Waals surface area contributed by atoms with E-state index in [0.717, 1.165) is 31.7 Å². The molecule has 0 rings (SSSR count). The zero-order valence-corrected chi connectivity index (χ0v) is 11.6. The predicted molar refractivity (Wildman–Crippen MR) is 70.7 cm³/mol. The minimum absolute atomic E-state index is 0.244. The molecule has 2 nitrogen and oxygen atoms in total. The van der Waals surface area contributed by atoms with Gasteiger partial charge in [-0.2, -0.15) is 12.6 Å². The maximum atomic E-state index is 9.04. The van der Waals surface area contributed by atoms with Gasteiger partial charge in [-0.25, -0.2) is 0 Å². The second-order valence-corrected chi connectivity index (χ2v) is 4.97. The quantitative estimate of drug-likeness (QED) is 0.629. The normalized spacial score (nSPS) is 12.8. The van der Waals surface area contributed by atoms with E-state index in [1.807, 2.05) is 0 Å². The SMILES string of the molecule is CCC(CC)(CS)CN(CCO)C(C)C. The lowest BCUT2D eigenvalue weighted by molar-refractivity contribution is 0.105. The lowest BCUT2D eigenvalue weighted by atomic mass is 9.83. The van der Waals surface area contributed by atoms with Gasteiger partial charge in [0.15, 0.2) is 0 Å². The van der Waals surface area contributed by atoms with Crippen LogP contribution < -0.4 is 0 Å². The molecule has 15 heavy (non-hydrogen) atoms. The van der Waals surface area contributed by atoms with E-state index in [1.165, 1.54) is 0 Å². The van der Waals surface area contributed by atoms with Crippen LogP contribution >= 0.6 is 12.6 Å². The molecule has 0 amide bonds. The van der Waals surface area contributed by atoms with E-state index in [9.17, 15) is 0 Å². The fourth-order valence-electron chi connectivity index (χ4n) is 1.83. The first-order chi connectivity index (χ1) is 7.05. The van der Waals surface area contributed by atoms with Crippen molar-refractivity contribution in [2.24, 2.45) is 5.41 Å². The number of hydrogen-bond acceptors (Lipinski definition) is 3. The molecular formula is C12H27NOS. The standard InChI is InChI=1S/C12H27NOS/c1-5-12(6-2,10-15)9-13(7-8-14)11(3)4/h11,14-15H,5-10H2,1-4H3. The highest BCUT2D eigenvalue weighted by atomic mass is 32.1. The van der Waals surface area contributed by atoms with Crippen LogP contribution in [0.2, 0.25) is 0 Å². The van der Waals surface area contributed by atoms with Crippen LogP contribution in [0, 0.1) is 5.41 Å². The van der Waals surface area contributed by atoms with Crippen molar-refractivity contribution in [3.05, 3.63) is 0 Å². The molecule has 0 aliphatic carbocycles. The van der Waals surface area contributed by atoms with Crippen molar-refractivity contribution in [3.8, 4) is 0 Å². The number of thiol groups is 1. The third kappa shape index (κ3) is 4.75. The van der Waals surface area contributed by atoms with Crippen LogP contribution in [0.25, 0.3) is 0 Å². The number of aliphatic hydroxyl groups excluding tert-OH is 1. The maximum Gasteiger partial charge on any atom is 0.0558 e. The Morgan fingerprint density at radius 3 is 2.07 bits per heavy atom. The molecule has 0 aromatic carbocycles. The molecule has 0 spiro atoms. The Bertz CT molecular complexity index is 149. The van der Waals surface area contributed by atoms with E-state index in [4.69, 9.17) is 5.11 Å². The van der Waals surface area contributed by atoms with Gasteiger partial charge in [-0.15, -0.1) is 0 Å². The molecule has 92 valence electrons. The van der Waals surface area contributed by atoms with Crippen LogP contribution in [0.4, 0.5) is 0 Å². The summed E-state index contributed by atoms with van der Waals surface area (Å²) in [4.78, 5) is 2.35. The summed E-state index contributed by atoms with van der Waals surface area (Å²) >= 11 is 4.48. The van der Waals surface area contributed by atoms with Crippen LogP contribution in [0.3, 0.4) is 0 Å². The Hall–Kier alpha value is 0.270. The lowest BCUT2D eigenvalue weighted by Gasteiger charge is -2.38. The van der Waals surface area contributed by atoms with Crippen molar-refractivity contribution in [1.29, 1.82) is 0 Å². The molecule has 0 radical (unpaired) electrons. The maximum absolute atomic E-state index is 9.04. The largest absolute Gasteiger partial charge is 0.395 e. The van der Waals surface area contributed by atoms with E-state index in [0.29, 0.717) is 11.5 Å². The Morgan fingerprint density at radius 2 is 1.80 bits per heavy atom. The van der Waals surface area contributed by atoms with Crippen LogP contribution in [0.5, 0.6) is 0 Å². The molecule has 3 heteroatoms. The van der Waals surface area contributed by atoms with Gasteiger partial charge in [-0.1, -0.05) is 13.8 Å². The molecule has 0 fully saturated rings. The summed E-state index contributed by atoms with van der Waals surface area (Å²) in [5.74, 6) is 0.925. The number of nitrogens with zero attached hydrogens (tertiary/aromatic N) is 1. The molecule has 0 aromatic heterocycles. The van der Waals surface area contributed by atoms with Crippen molar-refractivity contribution in [1.82, 2.24) is 4.90 Å². The van der Waals surface area contributed by atoms with Gasteiger partial charge in [-0.05, 0) is 37.9 Å².